The predicted octanol–water partition coefficient (Wildman–Crippen LogP) is 4.70. The Hall–Kier alpha value is -3.01. The number of carbonyl (C=O) groups excluding carboxylic acids is 2. The van der Waals surface area contributed by atoms with Crippen molar-refractivity contribution < 1.29 is 14.0 Å². The number of halogens is 2. The van der Waals surface area contributed by atoms with E-state index in [0.29, 0.717) is 15.6 Å². The van der Waals surface area contributed by atoms with Gasteiger partial charge in [0.2, 0.25) is 5.91 Å². The molecule has 0 atom stereocenters. The number of hydrazine groups is 1. The van der Waals surface area contributed by atoms with Gasteiger partial charge in [-0.1, -0.05) is 35.5 Å². The van der Waals surface area contributed by atoms with E-state index in [2.05, 4.69) is 20.8 Å². The minimum atomic E-state index is -0.448. The van der Waals surface area contributed by atoms with Crippen molar-refractivity contribution in [1.82, 2.24) is 20.8 Å². The molecule has 0 bridgehead atoms. The number of fused-ring (bicyclic) bond motifs is 1. The Kier molecular flexibility index (Phi) is 6.45. The molecule has 0 aliphatic rings. The third-order valence-corrected chi connectivity index (χ3v) is 6.38. The number of rotatable bonds is 5. The molecular formula is C21H14ClFN4O2S2. The summed E-state index contributed by atoms with van der Waals surface area (Å²) in [7, 11) is 0. The Balaban J connectivity index is 1.43. The van der Waals surface area contributed by atoms with Gasteiger partial charge in [0.05, 0.1) is 11.1 Å². The molecule has 10 heteroatoms. The maximum absolute atomic E-state index is 13.3. The van der Waals surface area contributed by atoms with Crippen LogP contribution in [0.2, 0.25) is 5.02 Å². The lowest BCUT2D eigenvalue weighted by molar-refractivity contribution is -0.119. The molecule has 0 fully saturated rings. The lowest BCUT2D eigenvalue weighted by Gasteiger charge is -2.08. The first-order valence-electron chi connectivity index (χ1n) is 8.97. The molecule has 2 aromatic heterocycles. The van der Waals surface area contributed by atoms with Crippen molar-refractivity contribution in [2.45, 2.75) is 5.03 Å². The number of benzene rings is 2. The molecule has 31 heavy (non-hydrogen) atoms. The highest BCUT2D eigenvalue weighted by atomic mass is 35.5. The van der Waals surface area contributed by atoms with Gasteiger partial charge in [-0.3, -0.25) is 20.4 Å². The third kappa shape index (κ3) is 5.01. The van der Waals surface area contributed by atoms with Crippen LogP contribution in [-0.4, -0.2) is 27.5 Å². The summed E-state index contributed by atoms with van der Waals surface area (Å²) in [5.41, 5.74) is 6.84. The van der Waals surface area contributed by atoms with E-state index in [1.165, 1.54) is 41.6 Å². The predicted molar refractivity (Wildman–Crippen MR) is 121 cm³/mol. The van der Waals surface area contributed by atoms with Crippen molar-refractivity contribution >= 4 is 56.7 Å². The number of thiophene rings is 1. The maximum atomic E-state index is 13.3. The van der Waals surface area contributed by atoms with Crippen molar-refractivity contribution in [3.63, 3.8) is 0 Å². The number of hydrogen-bond acceptors (Lipinski definition) is 6. The highest BCUT2D eigenvalue weighted by molar-refractivity contribution is 8.00. The highest BCUT2D eigenvalue weighted by Crippen LogP contribution is 2.37. The number of thioether (sulfide) groups is 1. The molecule has 4 aromatic rings. The van der Waals surface area contributed by atoms with Crippen LogP contribution in [0.5, 0.6) is 0 Å². The topological polar surface area (TPSA) is 84.0 Å². The number of nitrogens with zero attached hydrogens (tertiary/aromatic N) is 2. The molecule has 0 aliphatic carbocycles. The largest absolute Gasteiger partial charge is 0.272 e. The third-order valence-electron chi connectivity index (χ3n) is 4.25. The monoisotopic (exact) mass is 472 g/mol. The van der Waals surface area contributed by atoms with Crippen LogP contribution in [0.25, 0.3) is 21.3 Å². The molecule has 0 spiro atoms. The molecule has 2 heterocycles. The van der Waals surface area contributed by atoms with Gasteiger partial charge in [-0.05, 0) is 42.0 Å². The Bertz CT molecular complexity index is 1250. The second-order valence-electron chi connectivity index (χ2n) is 6.31. The molecule has 156 valence electrons. The lowest BCUT2D eigenvalue weighted by Crippen LogP contribution is -2.42. The SMILES string of the molecule is O=C(CSc1ncnc2scc(-c3ccc(F)cc3)c12)NNC(=O)c1ccc(Cl)cc1. The maximum Gasteiger partial charge on any atom is 0.269 e. The molecule has 0 aliphatic heterocycles. The van der Waals surface area contributed by atoms with Gasteiger partial charge in [-0.15, -0.1) is 11.3 Å². The number of hydrogen-bond donors (Lipinski definition) is 2. The van der Waals surface area contributed by atoms with Gasteiger partial charge in [-0.25, -0.2) is 14.4 Å². The van der Waals surface area contributed by atoms with Crippen LogP contribution in [0.1, 0.15) is 10.4 Å². The van der Waals surface area contributed by atoms with Crippen LogP contribution in [0.4, 0.5) is 4.39 Å². The summed E-state index contributed by atoms with van der Waals surface area (Å²) in [6.45, 7) is 0. The fourth-order valence-electron chi connectivity index (χ4n) is 2.77. The molecular weight excluding hydrogens is 459 g/mol. The van der Waals surface area contributed by atoms with E-state index >= 15 is 0 Å². The van der Waals surface area contributed by atoms with E-state index in [9.17, 15) is 14.0 Å². The first-order chi connectivity index (χ1) is 15.0. The molecule has 2 aromatic carbocycles. The lowest BCUT2D eigenvalue weighted by atomic mass is 10.1. The Labute approximate surface area is 189 Å². The molecule has 2 N–H and O–H groups in total. The normalized spacial score (nSPS) is 10.8. The minimum Gasteiger partial charge on any atom is -0.272 e. The van der Waals surface area contributed by atoms with E-state index in [-0.39, 0.29) is 11.6 Å². The van der Waals surface area contributed by atoms with Gasteiger partial charge < -0.3 is 0 Å². The number of carbonyl (C=O) groups is 2. The molecule has 0 unspecified atom stereocenters. The fourth-order valence-corrected chi connectivity index (χ4v) is 4.69. The van der Waals surface area contributed by atoms with Gasteiger partial charge in [0.15, 0.2) is 0 Å². The van der Waals surface area contributed by atoms with Crippen LogP contribution < -0.4 is 10.9 Å². The average Bonchev–Trinajstić information content (AvgIpc) is 3.22. The fraction of sp³-hybridized carbons (Fsp3) is 0.0476. The first-order valence-corrected chi connectivity index (χ1v) is 11.2. The Morgan fingerprint density at radius 2 is 1.77 bits per heavy atom. The van der Waals surface area contributed by atoms with E-state index in [1.807, 2.05) is 5.38 Å². The number of aromatic nitrogens is 2. The summed E-state index contributed by atoms with van der Waals surface area (Å²) in [6, 6.07) is 12.5. The van der Waals surface area contributed by atoms with Crippen molar-refractivity contribution in [3.05, 3.63) is 76.6 Å². The summed E-state index contributed by atoms with van der Waals surface area (Å²) < 4.78 is 13.3. The van der Waals surface area contributed by atoms with E-state index in [0.717, 1.165) is 21.3 Å². The van der Waals surface area contributed by atoms with Crippen molar-refractivity contribution in [2.75, 3.05) is 5.75 Å². The quantitative estimate of drug-likeness (QED) is 0.250. The zero-order valence-electron chi connectivity index (χ0n) is 15.8. The van der Waals surface area contributed by atoms with Gasteiger partial charge in [0.1, 0.15) is 22.0 Å². The summed E-state index contributed by atoms with van der Waals surface area (Å²) in [5, 5.41) is 3.89. The second kappa shape index (κ2) is 9.42. The van der Waals surface area contributed by atoms with Crippen LogP contribution in [0.3, 0.4) is 0 Å². The first kappa shape index (κ1) is 21.2. The Morgan fingerprint density at radius 3 is 2.52 bits per heavy atom. The number of amides is 2. The van der Waals surface area contributed by atoms with E-state index < -0.39 is 11.8 Å². The van der Waals surface area contributed by atoms with Crippen LogP contribution >= 0.6 is 34.7 Å². The average molecular weight is 473 g/mol. The van der Waals surface area contributed by atoms with Crippen LogP contribution in [-0.2, 0) is 4.79 Å². The molecule has 0 radical (unpaired) electrons. The molecule has 4 rings (SSSR count). The molecule has 0 saturated heterocycles. The molecule has 2 amide bonds. The van der Waals surface area contributed by atoms with Crippen molar-refractivity contribution in [2.24, 2.45) is 0 Å². The van der Waals surface area contributed by atoms with E-state index in [1.54, 1.807) is 36.4 Å². The second-order valence-corrected chi connectivity index (χ2v) is 8.57. The van der Waals surface area contributed by atoms with Crippen LogP contribution in [0, 0.1) is 5.82 Å². The smallest absolute Gasteiger partial charge is 0.269 e. The summed E-state index contributed by atoms with van der Waals surface area (Å²) >= 11 is 8.48. The standard InChI is InChI=1S/C21H14ClFN4O2S2/c22-14-5-1-13(2-6-14)19(29)27-26-17(28)10-31-21-18-16(9-30-20(18)24-11-25-21)12-3-7-15(23)8-4-12/h1-9,11H,10H2,(H,26,28)(H,27,29). The van der Waals surface area contributed by atoms with Crippen molar-refractivity contribution in [1.29, 1.82) is 0 Å². The van der Waals surface area contributed by atoms with Crippen molar-refractivity contribution in [3.8, 4) is 11.1 Å². The summed E-state index contributed by atoms with van der Waals surface area (Å²) in [4.78, 5) is 33.7. The summed E-state index contributed by atoms with van der Waals surface area (Å²) in [6.07, 6.45) is 1.44. The van der Waals surface area contributed by atoms with E-state index in [4.69, 9.17) is 11.6 Å². The van der Waals surface area contributed by atoms with Gasteiger partial charge >= 0.3 is 0 Å². The van der Waals surface area contributed by atoms with Gasteiger partial charge in [-0.2, -0.15) is 0 Å². The highest BCUT2D eigenvalue weighted by Gasteiger charge is 2.15. The van der Waals surface area contributed by atoms with Crippen LogP contribution in [0.15, 0.2) is 65.3 Å². The zero-order chi connectivity index (χ0) is 21.8. The molecule has 0 saturated carbocycles. The minimum absolute atomic E-state index is 0.0334. The summed E-state index contributed by atoms with van der Waals surface area (Å²) in [5.74, 6) is -1.12. The zero-order valence-corrected chi connectivity index (χ0v) is 18.2. The van der Waals surface area contributed by atoms with Gasteiger partial charge in [0.25, 0.3) is 5.91 Å². The number of nitrogens with one attached hydrogen (secondary N) is 2. The van der Waals surface area contributed by atoms with Gasteiger partial charge in [0, 0.05) is 21.5 Å². The Morgan fingerprint density at radius 1 is 1.03 bits per heavy atom. The molecule has 6 nitrogen and oxygen atoms in total.